The third-order valence-electron chi connectivity index (χ3n) is 5.54. The Morgan fingerprint density at radius 1 is 1.12 bits per heavy atom. The van der Waals surface area contributed by atoms with Gasteiger partial charge in [-0.3, -0.25) is 0 Å². The number of carbonyl (C=O) groups is 1. The number of halogens is 1. The van der Waals surface area contributed by atoms with E-state index >= 15 is 0 Å². The fourth-order valence-corrected chi connectivity index (χ4v) is 6.45. The zero-order valence-electron chi connectivity index (χ0n) is 24.8. The molecule has 0 spiro atoms. The lowest BCUT2D eigenvalue weighted by molar-refractivity contribution is 0.0511. The highest BCUT2D eigenvalue weighted by Gasteiger charge is 2.27. The summed E-state index contributed by atoms with van der Waals surface area (Å²) >= 11 is 8.21. The summed E-state index contributed by atoms with van der Waals surface area (Å²) in [5, 5.41) is 6.88. The van der Waals surface area contributed by atoms with E-state index in [1.165, 1.54) is 17.4 Å². The van der Waals surface area contributed by atoms with Crippen molar-refractivity contribution in [3.63, 3.8) is 0 Å². The van der Waals surface area contributed by atoms with Crippen molar-refractivity contribution in [2.24, 2.45) is 0 Å². The highest BCUT2D eigenvalue weighted by Crippen LogP contribution is 2.43. The first-order chi connectivity index (χ1) is 19.0. The van der Waals surface area contributed by atoms with E-state index in [9.17, 15) is 13.2 Å². The van der Waals surface area contributed by atoms with Gasteiger partial charge in [0.05, 0.1) is 26.3 Å². The molecule has 0 aliphatic heterocycles. The third kappa shape index (κ3) is 8.84. The van der Waals surface area contributed by atoms with Crippen molar-refractivity contribution in [3.8, 4) is 21.8 Å². The standard InChI is InChI=1S/C28H39ClN6O4S2/c1-9-14-32-41(37,38)20-12-10-11-18(21(20)29)22-23(40-24(35-22)27(3,4)5)19-13-15-30-25(34-19)31-16-17(2)33-26(36)39-28(6,7)8/h10-13,15,17,32H,9,14,16H2,1-8H3,(H,33,36)(H,30,31,34)/t17-/m0/s1. The van der Waals surface area contributed by atoms with Gasteiger partial charge in [-0.2, -0.15) is 0 Å². The van der Waals surface area contributed by atoms with E-state index in [1.807, 2.05) is 13.8 Å². The molecule has 0 saturated heterocycles. The first kappa shape index (κ1) is 32.7. The average molecular weight is 623 g/mol. The molecule has 0 radical (unpaired) electrons. The van der Waals surface area contributed by atoms with Crippen LogP contribution in [0.4, 0.5) is 10.7 Å². The van der Waals surface area contributed by atoms with Crippen LogP contribution in [-0.4, -0.2) is 54.2 Å². The van der Waals surface area contributed by atoms with E-state index in [1.54, 1.807) is 45.2 Å². The van der Waals surface area contributed by atoms with Crippen LogP contribution < -0.4 is 15.4 Å². The summed E-state index contributed by atoms with van der Waals surface area (Å²) < 4.78 is 33.8. The molecule has 2 aromatic heterocycles. The van der Waals surface area contributed by atoms with E-state index in [0.29, 0.717) is 42.4 Å². The van der Waals surface area contributed by atoms with Gasteiger partial charge in [0, 0.05) is 36.3 Å². The van der Waals surface area contributed by atoms with Gasteiger partial charge in [-0.25, -0.2) is 32.9 Å². The topological polar surface area (TPSA) is 135 Å². The van der Waals surface area contributed by atoms with Crippen molar-refractivity contribution >= 4 is 45.0 Å². The van der Waals surface area contributed by atoms with Crippen LogP contribution in [0, 0.1) is 0 Å². The molecule has 3 rings (SSSR count). The molecule has 41 heavy (non-hydrogen) atoms. The molecule has 1 atom stereocenters. The van der Waals surface area contributed by atoms with Gasteiger partial charge in [0.15, 0.2) is 0 Å². The molecule has 0 aliphatic carbocycles. The SMILES string of the molecule is CCCNS(=O)(=O)c1cccc(-c2nc(C(C)(C)C)sc2-c2ccnc(NC[C@H](C)NC(=O)OC(C)(C)C)n2)c1Cl. The number of aromatic nitrogens is 3. The summed E-state index contributed by atoms with van der Waals surface area (Å²) in [4.78, 5) is 26.8. The number of nitrogens with zero attached hydrogens (tertiary/aromatic N) is 3. The van der Waals surface area contributed by atoms with Gasteiger partial charge in [-0.1, -0.05) is 51.4 Å². The van der Waals surface area contributed by atoms with Crippen molar-refractivity contribution in [2.45, 2.75) is 83.8 Å². The van der Waals surface area contributed by atoms with Gasteiger partial charge in [0.25, 0.3) is 0 Å². The van der Waals surface area contributed by atoms with Crippen LogP contribution >= 0.6 is 22.9 Å². The Kier molecular flexibility index (Phi) is 10.4. The van der Waals surface area contributed by atoms with Crippen LogP contribution in [0.25, 0.3) is 21.8 Å². The monoisotopic (exact) mass is 622 g/mol. The van der Waals surface area contributed by atoms with Crippen LogP contribution in [0.15, 0.2) is 35.4 Å². The molecule has 3 N–H and O–H groups in total. The highest BCUT2D eigenvalue weighted by atomic mass is 35.5. The largest absolute Gasteiger partial charge is 0.444 e. The molecule has 3 aromatic rings. The molecule has 2 heterocycles. The fourth-order valence-electron chi connectivity index (χ4n) is 3.59. The second-order valence-corrected chi connectivity index (χ2v) is 14.8. The number of rotatable bonds is 10. The number of nitrogens with one attached hydrogen (secondary N) is 3. The predicted octanol–water partition coefficient (Wildman–Crippen LogP) is 6.23. The number of sulfonamides is 1. The molecule has 1 aromatic carbocycles. The molecule has 13 heteroatoms. The van der Waals surface area contributed by atoms with Crippen LogP contribution in [0.3, 0.4) is 0 Å². The van der Waals surface area contributed by atoms with Gasteiger partial charge in [0.2, 0.25) is 16.0 Å². The second kappa shape index (κ2) is 13.0. The summed E-state index contributed by atoms with van der Waals surface area (Å²) in [7, 11) is -3.80. The van der Waals surface area contributed by atoms with Crippen molar-refractivity contribution in [3.05, 3.63) is 40.5 Å². The zero-order chi connectivity index (χ0) is 30.6. The maximum absolute atomic E-state index is 12.9. The Morgan fingerprint density at radius 3 is 2.46 bits per heavy atom. The molecule has 0 bridgehead atoms. The van der Waals surface area contributed by atoms with Crippen molar-refractivity contribution in [2.75, 3.05) is 18.4 Å². The third-order valence-corrected chi connectivity index (χ3v) is 9.06. The summed E-state index contributed by atoms with van der Waals surface area (Å²) in [6.45, 7) is 16.0. The number of alkyl carbamates (subject to hydrolysis) is 1. The lowest BCUT2D eigenvalue weighted by atomic mass is 9.98. The van der Waals surface area contributed by atoms with Gasteiger partial charge >= 0.3 is 6.09 Å². The number of hydrogen-bond acceptors (Lipinski definition) is 9. The van der Waals surface area contributed by atoms with E-state index < -0.39 is 21.7 Å². The van der Waals surface area contributed by atoms with Gasteiger partial charge in [-0.15, -0.1) is 11.3 Å². The number of carbonyl (C=O) groups excluding carboxylic acids is 1. The van der Waals surface area contributed by atoms with E-state index in [-0.39, 0.29) is 21.4 Å². The summed E-state index contributed by atoms with van der Waals surface area (Å²) in [5.74, 6) is 0.364. The van der Waals surface area contributed by atoms with Crippen molar-refractivity contribution in [1.82, 2.24) is 25.0 Å². The molecule has 0 unspecified atom stereocenters. The zero-order valence-corrected chi connectivity index (χ0v) is 27.1. The van der Waals surface area contributed by atoms with Gasteiger partial charge < -0.3 is 15.4 Å². The van der Waals surface area contributed by atoms with E-state index in [2.05, 4.69) is 41.1 Å². The van der Waals surface area contributed by atoms with Crippen molar-refractivity contribution < 1.29 is 17.9 Å². The number of anilines is 1. The minimum atomic E-state index is -3.80. The molecule has 1 amide bonds. The minimum absolute atomic E-state index is 0.00195. The summed E-state index contributed by atoms with van der Waals surface area (Å²) in [5.41, 5.74) is 0.781. The fraction of sp³-hybridized carbons (Fsp3) is 0.500. The smallest absolute Gasteiger partial charge is 0.407 e. The average Bonchev–Trinajstić information content (AvgIpc) is 3.31. The van der Waals surface area contributed by atoms with Gasteiger partial charge in [-0.05, 0) is 46.2 Å². The molecular formula is C28H39ClN6O4S2. The van der Waals surface area contributed by atoms with Crippen LogP contribution in [-0.2, 0) is 20.2 Å². The summed E-state index contributed by atoms with van der Waals surface area (Å²) in [6.07, 6.45) is 1.78. The number of ether oxygens (including phenoxy) is 1. The lowest BCUT2D eigenvalue weighted by Crippen LogP contribution is -2.41. The predicted molar refractivity (Wildman–Crippen MR) is 165 cm³/mol. The van der Waals surface area contributed by atoms with Crippen LogP contribution in [0.1, 0.15) is 66.8 Å². The van der Waals surface area contributed by atoms with Gasteiger partial charge in [0.1, 0.15) is 10.5 Å². The first-order valence-electron chi connectivity index (χ1n) is 13.4. The summed E-state index contributed by atoms with van der Waals surface area (Å²) in [6, 6.07) is 6.42. The Morgan fingerprint density at radius 2 is 1.83 bits per heavy atom. The number of hydrogen-bond donors (Lipinski definition) is 3. The second-order valence-electron chi connectivity index (χ2n) is 11.7. The highest BCUT2D eigenvalue weighted by molar-refractivity contribution is 7.89. The Balaban J connectivity index is 1.96. The molecule has 224 valence electrons. The van der Waals surface area contributed by atoms with E-state index in [4.69, 9.17) is 26.3 Å². The van der Waals surface area contributed by atoms with Crippen molar-refractivity contribution in [1.29, 1.82) is 0 Å². The lowest BCUT2D eigenvalue weighted by Gasteiger charge is -2.22. The Bertz CT molecular complexity index is 1480. The molecule has 0 fully saturated rings. The normalized spacial score (nSPS) is 13.1. The van der Waals surface area contributed by atoms with Crippen LogP contribution in [0.5, 0.6) is 0 Å². The molecule has 10 nitrogen and oxygen atoms in total. The van der Waals surface area contributed by atoms with E-state index in [0.717, 1.165) is 9.88 Å². The Hall–Kier alpha value is -2.80. The molecule has 0 saturated carbocycles. The molecule has 0 aliphatic rings. The number of thiazole rings is 1. The van der Waals surface area contributed by atoms with Crippen LogP contribution in [0.2, 0.25) is 5.02 Å². The minimum Gasteiger partial charge on any atom is -0.444 e. The number of benzene rings is 1. The maximum atomic E-state index is 12.9. The number of amides is 1. The quantitative estimate of drug-likeness (QED) is 0.242. The maximum Gasteiger partial charge on any atom is 0.407 e. The Labute approximate surface area is 251 Å². The first-order valence-corrected chi connectivity index (χ1v) is 16.1. The molecular weight excluding hydrogens is 584 g/mol.